The van der Waals surface area contributed by atoms with Crippen molar-refractivity contribution in [3.05, 3.63) is 16.0 Å². The molecule has 2 rings (SSSR count). The molecule has 1 aromatic heterocycles. The van der Waals surface area contributed by atoms with E-state index in [0.717, 1.165) is 36.1 Å². The van der Waals surface area contributed by atoms with E-state index in [1.807, 2.05) is 19.0 Å². The molecular weight excluding hydrogens is 316 g/mol. The normalized spacial score (nSPS) is 13.5. The van der Waals surface area contributed by atoms with Gasteiger partial charge in [-0.05, 0) is 45.3 Å². The quantitative estimate of drug-likeness (QED) is 0.673. The summed E-state index contributed by atoms with van der Waals surface area (Å²) in [5.74, 6) is -2.05. The Morgan fingerprint density at radius 2 is 1.87 bits per heavy atom. The second kappa shape index (κ2) is 7.56. The summed E-state index contributed by atoms with van der Waals surface area (Å²) < 4.78 is 0. The molecule has 0 aliphatic heterocycles. The molecule has 0 aromatic carbocycles. The summed E-state index contributed by atoms with van der Waals surface area (Å²) in [5.41, 5.74) is 6.75. The van der Waals surface area contributed by atoms with Gasteiger partial charge in [-0.2, -0.15) is 0 Å². The lowest BCUT2D eigenvalue weighted by Gasteiger charge is -2.11. The minimum atomic E-state index is -0.773. The Hall–Kier alpha value is -1.93. The first-order chi connectivity index (χ1) is 10.9. The largest absolute Gasteiger partial charge is 0.365 e. The fourth-order valence-corrected chi connectivity index (χ4v) is 3.84. The van der Waals surface area contributed by atoms with Crippen LogP contribution in [-0.4, -0.2) is 49.8 Å². The molecule has 0 radical (unpaired) electrons. The van der Waals surface area contributed by atoms with Crippen molar-refractivity contribution in [1.29, 1.82) is 0 Å². The molecule has 3 amide bonds. The van der Waals surface area contributed by atoms with Crippen molar-refractivity contribution in [2.24, 2.45) is 5.73 Å². The van der Waals surface area contributed by atoms with Crippen LogP contribution in [0, 0.1) is 0 Å². The summed E-state index contributed by atoms with van der Waals surface area (Å²) in [4.78, 5) is 38.5. The van der Waals surface area contributed by atoms with E-state index in [-0.39, 0.29) is 0 Å². The number of nitrogens with zero attached hydrogens (tertiary/aromatic N) is 1. The third kappa shape index (κ3) is 4.29. The number of hydrogen-bond donors (Lipinski definition) is 3. The summed E-state index contributed by atoms with van der Waals surface area (Å²) in [6.45, 7) is 1.02. The molecule has 8 heteroatoms. The zero-order valence-electron chi connectivity index (χ0n) is 13.4. The van der Waals surface area contributed by atoms with Crippen LogP contribution in [0.25, 0.3) is 0 Å². The third-order valence-electron chi connectivity index (χ3n) is 3.70. The standard InChI is InChI=1S/C15H22N4O3S/c1-19(2)8-7-17-13(21)14(22)18-15-11(12(16)20)9-5-3-4-6-10(9)23-15/h3-8H2,1-2H3,(H2,16,20)(H,17,21)(H,18,22). The van der Waals surface area contributed by atoms with Crippen LogP contribution in [0.3, 0.4) is 0 Å². The number of primary amides is 1. The Morgan fingerprint density at radius 3 is 2.52 bits per heavy atom. The molecule has 0 unspecified atom stereocenters. The SMILES string of the molecule is CN(C)CCNC(=O)C(=O)Nc1sc2c(c1C(N)=O)CCCC2. The van der Waals surface area contributed by atoms with Crippen LogP contribution in [0.5, 0.6) is 0 Å². The smallest absolute Gasteiger partial charge is 0.314 e. The van der Waals surface area contributed by atoms with Gasteiger partial charge in [0.2, 0.25) is 0 Å². The number of carbonyl (C=O) groups is 3. The number of nitrogens with two attached hydrogens (primary N) is 1. The molecule has 126 valence electrons. The van der Waals surface area contributed by atoms with Crippen LogP contribution >= 0.6 is 11.3 Å². The summed E-state index contributed by atoms with van der Waals surface area (Å²) in [7, 11) is 3.75. The van der Waals surface area contributed by atoms with Crippen LogP contribution in [0.2, 0.25) is 0 Å². The maximum Gasteiger partial charge on any atom is 0.314 e. The van der Waals surface area contributed by atoms with Gasteiger partial charge in [-0.3, -0.25) is 14.4 Å². The lowest BCUT2D eigenvalue weighted by atomic mass is 9.95. The van der Waals surface area contributed by atoms with Crippen molar-refractivity contribution in [3.8, 4) is 0 Å². The van der Waals surface area contributed by atoms with Crippen molar-refractivity contribution in [2.45, 2.75) is 25.7 Å². The van der Waals surface area contributed by atoms with Crippen molar-refractivity contribution in [1.82, 2.24) is 10.2 Å². The second-order valence-corrected chi connectivity index (χ2v) is 6.90. The van der Waals surface area contributed by atoms with E-state index < -0.39 is 17.7 Å². The van der Waals surface area contributed by atoms with E-state index in [9.17, 15) is 14.4 Å². The Balaban J connectivity index is 2.07. The average Bonchev–Trinajstić information content (AvgIpc) is 2.84. The summed E-state index contributed by atoms with van der Waals surface area (Å²) in [6.07, 6.45) is 3.73. The van der Waals surface area contributed by atoms with Crippen LogP contribution in [0.4, 0.5) is 5.00 Å². The monoisotopic (exact) mass is 338 g/mol. The van der Waals surface area contributed by atoms with Crippen molar-refractivity contribution >= 4 is 34.1 Å². The highest BCUT2D eigenvalue weighted by molar-refractivity contribution is 7.17. The van der Waals surface area contributed by atoms with Gasteiger partial charge in [0, 0.05) is 18.0 Å². The number of amides is 3. The minimum Gasteiger partial charge on any atom is -0.365 e. The highest BCUT2D eigenvalue weighted by Gasteiger charge is 2.26. The van der Waals surface area contributed by atoms with Gasteiger partial charge in [0.05, 0.1) is 5.56 Å². The predicted octanol–water partition coefficient (Wildman–Crippen LogP) is 0.342. The van der Waals surface area contributed by atoms with Gasteiger partial charge in [0.15, 0.2) is 0 Å². The molecule has 1 heterocycles. The second-order valence-electron chi connectivity index (χ2n) is 5.79. The van der Waals surface area contributed by atoms with Crippen LogP contribution in [0.1, 0.15) is 33.6 Å². The first-order valence-corrected chi connectivity index (χ1v) is 8.40. The number of likely N-dealkylation sites (N-methyl/N-ethyl adjacent to an activating group) is 1. The van der Waals surface area contributed by atoms with E-state index in [0.29, 0.717) is 23.7 Å². The first kappa shape index (κ1) is 17.4. The minimum absolute atomic E-state index is 0.360. The maximum absolute atomic E-state index is 12.0. The first-order valence-electron chi connectivity index (χ1n) is 7.58. The maximum atomic E-state index is 12.0. The predicted molar refractivity (Wildman–Crippen MR) is 89.7 cm³/mol. The van der Waals surface area contributed by atoms with E-state index in [2.05, 4.69) is 10.6 Å². The summed E-state index contributed by atoms with van der Waals surface area (Å²) in [5, 5.41) is 5.47. The Morgan fingerprint density at radius 1 is 1.17 bits per heavy atom. The van der Waals surface area contributed by atoms with Crippen molar-refractivity contribution < 1.29 is 14.4 Å². The Kier molecular flexibility index (Phi) is 5.73. The van der Waals surface area contributed by atoms with Gasteiger partial charge in [0.1, 0.15) is 5.00 Å². The van der Waals surface area contributed by atoms with Gasteiger partial charge in [-0.15, -0.1) is 11.3 Å². The summed E-state index contributed by atoms with van der Waals surface area (Å²) in [6, 6.07) is 0. The molecular formula is C15H22N4O3S. The zero-order chi connectivity index (χ0) is 17.0. The molecule has 0 saturated heterocycles. The molecule has 1 aliphatic rings. The van der Waals surface area contributed by atoms with Gasteiger partial charge >= 0.3 is 11.8 Å². The molecule has 0 saturated carbocycles. The van der Waals surface area contributed by atoms with Crippen LogP contribution in [-0.2, 0) is 22.4 Å². The topological polar surface area (TPSA) is 105 Å². The molecule has 0 atom stereocenters. The van der Waals surface area contributed by atoms with E-state index in [4.69, 9.17) is 5.73 Å². The summed E-state index contributed by atoms with van der Waals surface area (Å²) >= 11 is 1.34. The molecule has 4 N–H and O–H groups in total. The highest BCUT2D eigenvalue weighted by Crippen LogP contribution is 2.37. The molecule has 23 heavy (non-hydrogen) atoms. The number of anilines is 1. The lowest BCUT2D eigenvalue weighted by molar-refractivity contribution is -0.136. The van der Waals surface area contributed by atoms with E-state index >= 15 is 0 Å². The van der Waals surface area contributed by atoms with Gasteiger partial charge in [-0.1, -0.05) is 0 Å². The Labute approximate surface area is 139 Å². The van der Waals surface area contributed by atoms with Gasteiger partial charge in [-0.25, -0.2) is 0 Å². The average molecular weight is 338 g/mol. The number of nitrogens with one attached hydrogen (secondary N) is 2. The van der Waals surface area contributed by atoms with E-state index in [1.54, 1.807) is 0 Å². The molecule has 1 aliphatic carbocycles. The molecule has 0 fully saturated rings. The van der Waals surface area contributed by atoms with E-state index in [1.165, 1.54) is 11.3 Å². The highest BCUT2D eigenvalue weighted by atomic mass is 32.1. The van der Waals surface area contributed by atoms with Crippen molar-refractivity contribution in [3.63, 3.8) is 0 Å². The number of aryl methyl sites for hydroxylation is 1. The number of thiophene rings is 1. The van der Waals surface area contributed by atoms with Crippen LogP contribution < -0.4 is 16.4 Å². The molecule has 0 spiro atoms. The lowest BCUT2D eigenvalue weighted by Crippen LogP contribution is -2.38. The fourth-order valence-electron chi connectivity index (χ4n) is 2.55. The number of hydrogen-bond acceptors (Lipinski definition) is 5. The fraction of sp³-hybridized carbons (Fsp3) is 0.533. The van der Waals surface area contributed by atoms with Gasteiger partial charge < -0.3 is 21.3 Å². The number of rotatable bonds is 5. The number of carbonyl (C=O) groups excluding carboxylic acids is 3. The Bertz CT molecular complexity index is 624. The third-order valence-corrected chi connectivity index (χ3v) is 4.90. The number of fused-ring (bicyclic) bond motifs is 1. The molecule has 0 bridgehead atoms. The van der Waals surface area contributed by atoms with Crippen molar-refractivity contribution in [2.75, 3.05) is 32.5 Å². The van der Waals surface area contributed by atoms with Gasteiger partial charge in [0.25, 0.3) is 5.91 Å². The molecule has 1 aromatic rings. The molecule has 7 nitrogen and oxygen atoms in total. The van der Waals surface area contributed by atoms with Crippen LogP contribution in [0.15, 0.2) is 0 Å². The zero-order valence-corrected chi connectivity index (χ0v) is 14.2.